The molecule has 0 bridgehead atoms. The molecule has 6 nitrogen and oxygen atoms in total. The van der Waals surface area contributed by atoms with Gasteiger partial charge in [0.05, 0.1) is 0 Å². The van der Waals surface area contributed by atoms with Crippen molar-refractivity contribution < 1.29 is 14.7 Å². The number of fused-ring (bicyclic) bond motifs is 1. The Labute approximate surface area is 199 Å². The molecule has 1 fully saturated rings. The number of hydrogen-bond acceptors (Lipinski definition) is 4. The molecule has 0 aromatic carbocycles. The first-order chi connectivity index (χ1) is 15.9. The molecule has 2 N–H and O–H groups in total. The molecule has 7 heteroatoms. The van der Waals surface area contributed by atoms with Gasteiger partial charge in [-0.25, -0.2) is 4.79 Å². The SMILES string of the molecule is CC(NC(=O)c1cc2c(n(CC3CCCCC3)c1=O)CCCCCC2)(C(=O)O)c1ccsc1. The standard InChI is InChI=1S/C26H34N2O4S/c1-26(25(31)32,20-13-14-33-17-20)27-23(29)21-15-19-11-7-2-3-8-12-22(19)28(24(21)30)16-18-9-5-4-6-10-18/h13-15,17-18H,2-12,16H2,1H3,(H,27,29)(H,31,32). The van der Waals surface area contributed by atoms with Crippen molar-refractivity contribution >= 4 is 23.2 Å². The van der Waals surface area contributed by atoms with Gasteiger partial charge in [-0.2, -0.15) is 11.3 Å². The molecule has 1 unspecified atom stereocenters. The molecule has 1 saturated carbocycles. The van der Waals surface area contributed by atoms with Crippen molar-refractivity contribution in [3.63, 3.8) is 0 Å². The molecular weight excluding hydrogens is 436 g/mol. The minimum absolute atomic E-state index is 0.0628. The zero-order chi connectivity index (χ0) is 23.4. The smallest absolute Gasteiger partial charge is 0.333 e. The van der Waals surface area contributed by atoms with E-state index in [0.717, 1.165) is 62.6 Å². The van der Waals surface area contributed by atoms with E-state index < -0.39 is 17.4 Å². The number of carboxylic acids is 1. The second-order valence-corrected chi connectivity index (χ2v) is 10.5. The normalized spacial score (nSPS) is 19.1. The molecule has 0 aliphatic heterocycles. The second kappa shape index (κ2) is 10.2. The maximum Gasteiger partial charge on any atom is 0.333 e. The Morgan fingerprint density at radius 1 is 1.12 bits per heavy atom. The van der Waals surface area contributed by atoms with Crippen molar-refractivity contribution in [2.45, 2.75) is 89.6 Å². The summed E-state index contributed by atoms with van der Waals surface area (Å²) in [5, 5.41) is 16.1. The number of thiophene rings is 1. The fraction of sp³-hybridized carbons (Fsp3) is 0.577. The number of pyridine rings is 1. The maximum atomic E-state index is 13.7. The number of aliphatic carboxylic acids is 1. The predicted octanol–water partition coefficient (Wildman–Crippen LogP) is 4.88. The number of aromatic nitrogens is 1. The van der Waals surface area contributed by atoms with Crippen LogP contribution in [0.4, 0.5) is 0 Å². The molecule has 2 aromatic rings. The number of carbonyl (C=O) groups excluding carboxylic acids is 1. The van der Waals surface area contributed by atoms with Crippen LogP contribution in [0, 0.1) is 5.92 Å². The van der Waals surface area contributed by atoms with Gasteiger partial charge in [-0.15, -0.1) is 0 Å². The van der Waals surface area contributed by atoms with Crippen molar-refractivity contribution in [3.8, 4) is 0 Å². The highest BCUT2D eigenvalue weighted by Crippen LogP contribution is 2.28. The summed E-state index contributed by atoms with van der Waals surface area (Å²) in [6.07, 6.45) is 12.0. The Morgan fingerprint density at radius 3 is 2.48 bits per heavy atom. The largest absolute Gasteiger partial charge is 0.479 e. The minimum Gasteiger partial charge on any atom is -0.479 e. The fourth-order valence-corrected chi connectivity index (χ4v) is 6.07. The van der Waals surface area contributed by atoms with Gasteiger partial charge in [0.25, 0.3) is 11.5 Å². The van der Waals surface area contributed by atoms with E-state index in [1.165, 1.54) is 37.5 Å². The van der Waals surface area contributed by atoms with Gasteiger partial charge in [-0.1, -0.05) is 32.1 Å². The van der Waals surface area contributed by atoms with Gasteiger partial charge in [0.15, 0.2) is 5.54 Å². The molecule has 2 heterocycles. The fourth-order valence-electron chi connectivity index (χ4n) is 5.31. The Morgan fingerprint density at radius 2 is 1.82 bits per heavy atom. The van der Waals surface area contributed by atoms with Gasteiger partial charge in [0.2, 0.25) is 0 Å². The first-order valence-electron chi connectivity index (χ1n) is 12.2. The van der Waals surface area contributed by atoms with Crippen LogP contribution in [0.15, 0.2) is 27.7 Å². The van der Waals surface area contributed by atoms with E-state index in [1.54, 1.807) is 22.9 Å². The Kier molecular flexibility index (Phi) is 7.37. The third kappa shape index (κ3) is 5.08. The summed E-state index contributed by atoms with van der Waals surface area (Å²) in [5.74, 6) is -1.30. The summed E-state index contributed by atoms with van der Waals surface area (Å²) in [4.78, 5) is 39.2. The molecule has 0 radical (unpaired) electrons. The Bertz CT molecular complexity index is 1050. The van der Waals surface area contributed by atoms with Gasteiger partial charge in [0, 0.05) is 12.2 Å². The van der Waals surface area contributed by atoms with E-state index in [-0.39, 0.29) is 11.1 Å². The number of carboxylic acid groups (broad SMARTS) is 1. The number of nitrogens with zero attached hydrogens (tertiary/aromatic N) is 1. The Hall–Kier alpha value is -2.41. The quantitative estimate of drug-likeness (QED) is 0.630. The average molecular weight is 471 g/mol. The molecule has 2 aliphatic rings. The summed E-state index contributed by atoms with van der Waals surface area (Å²) in [6.45, 7) is 2.13. The summed E-state index contributed by atoms with van der Waals surface area (Å²) in [5.41, 5.74) is 0.844. The molecule has 1 amide bonds. The van der Waals surface area contributed by atoms with Crippen molar-refractivity contribution in [2.75, 3.05) is 0 Å². The number of hydrogen-bond donors (Lipinski definition) is 2. The number of rotatable bonds is 6. The van der Waals surface area contributed by atoms with Crippen LogP contribution in [0.5, 0.6) is 0 Å². The predicted molar refractivity (Wildman–Crippen MR) is 130 cm³/mol. The molecule has 1 atom stereocenters. The van der Waals surface area contributed by atoms with Gasteiger partial charge >= 0.3 is 5.97 Å². The molecule has 2 aliphatic carbocycles. The molecule has 0 spiro atoms. The third-order valence-electron chi connectivity index (χ3n) is 7.40. The third-order valence-corrected chi connectivity index (χ3v) is 8.08. The van der Waals surface area contributed by atoms with Crippen molar-refractivity contribution in [3.05, 3.63) is 55.6 Å². The summed E-state index contributed by atoms with van der Waals surface area (Å²) < 4.78 is 1.87. The number of amides is 1. The van der Waals surface area contributed by atoms with Crippen LogP contribution in [-0.4, -0.2) is 21.6 Å². The van der Waals surface area contributed by atoms with Crippen molar-refractivity contribution in [1.29, 1.82) is 0 Å². The molecule has 178 valence electrons. The summed E-state index contributed by atoms with van der Waals surface area (Å²) in [6, 6.07) is 3.44. The molecular formula is C26H34N2O4S. The minimum atomic E-state index is -1.60. The lowest BCUT2D eigenvalue weighted by Gasteiger charge is -2.28. The van der Waals surface area contributed by atoms with Crippen molar-refractivity contribution in [1.82, 2.24) is 9.88 Å². The second-order valence-electron chi connectivity index (χ2n) is 9.76. The van der Waals surface area contributed by atoms with E-state index in [0.29, 0.717) is 18.0 Å². The van der Waals surface area contributed by atoms with Crippen LogP contribution in [0.1, 0.15) is 91.9 Å². The first kappa shape index (κ1) is 23.7. The lowest BCUT2D eigenvalue weighted by molar-refractivity contribution is -0.144. The highest BCUT2D eigenvalue weighted by atomic mass is 32.1. The van der Waals surface area contributed by atoms with Gasteiger partial charge in [-0.3, -0.25) is 9.59 Å². The zero-order valence-corrected chi connectivity index (χ0v) is 20.2. The van der Waals surface area contributed by atoms with Crippen LogP contribution in [-0.2, 0) is 29.7 Å². The highest BCUT2D eigenvalue weighted by Gasteiger charge is 2.38. The number of carbonyl (C=O) groups is 2. The average Bonchev–Trinajstić information content (AvgIpc) is 3.32. The summed E-state index contributed by atoms with van der Waals surface area (Å²) >= 11 is 1.37. The van der Waals surface area contributed by atoms with Gasteiger partial charge < -0.3 is 15.0 Å². The van der Waals surface area contributed by atoms with Crippen LogP contribution in [0.25, 0.3) is 0 Å². The monoisotopic (exact) mass is 470 g/mol. The Balaban J connectivity index is 1.73. The van der Waals surface area contributed by atoms with E-state index in [2.05, 4.69) is 5.32 Å². The summed E-state index contributed by atoms with van der Waals surface area (Å²) in [7, 11) is 0. The molecule has 2 aromatic heterocycles. The van der Waals surface area contributed by atoms with Crippen LogP contribution >= 0.6 is 11.3 Å². The van der Waals surface area contributed by atoms with E-state index in [9.17, 15) is 19.5 Å². The van der Waals surface area contributed by atoms with Crippen LogP contribution < -0.4 is 10.9 Å². The van der Waals surface area contributed by atoms with Gasteiger partial charge in [-0.05, 0) is 85.4 Å². The topological polar surface area (TPSA) is 88.4 Å². The zero-order valence-electron chi connectivity index (χ0n) is 19.4. The first-order valence-corrected chi connectivity index (χ1v) is 13.2. The molecule has 4 rings (SSSR count). The number of nitrogens with one attached hydrogen (secondary N) is 1. The molecule has 33 heavy (non-hydrogen) atoms. The number of aryl methyl sites for hydroxylation is 1. The molecule has 0 saturated heterocycles. The highest BCUT2D eigenvalue weighted by molar-refractivity contribution is 7.08. The maximum absolute atomic E-state index is 13.7. The van der Waals surface area contributed by atoms with E-state index in [4.69, 9.17) is 0 Å². The van der Waals surface area contributed by atoms with E-state index >= 15 is 0 Å². The lowest BCUT2D eigenvalue weighted by Crippen LogP contribution is -2.50. The van der Waals surface area contributed by atoms with Crippen LogP contribution in [0.2, 0.25) is 0 Å². The van der Waals surface area contributed by atoms with Gasteiger partial charge in [0.1, 0.15) is 5.56 Å². The van der Waals surface area contributed by atoms with E-state index in [1.807, 2.05) is 4.57 Å². The van der Waals surface area contributed by atoms with Crippen molar-refractivity contribution in [2.24, 2.45) is 5.92 Å². The van der Waals surface area contributed by atoms with Crippen LogP contribution in [0.3, 0.4) is 0 Å². The lowest BCUT2D eigenvalue weighted by atomic mass is 9.88.